The van der Waals surface area contributed by atoms with E-state index in [1.807, 2.05) is 17.2 Å². The van der Waals surface area contributed by atoms with Crippen molar-refractivity contribution in [2.45, 2.75) is 31.7 Å². The van der Waals surface area contributed by atoms with E-state index in [2.05, 4.69) is 16.4 Å². The largest absolute Gasteiger partial charge is 0.333 e. The summed E-state index contributed by atoms with van der Waals surface area (Å²) in [6, 6.07) is 4.15. The molecule has 4 heteroatoms. The van der Waals surface area contributed by atoms with Gasteiger partial charge in [0.2, 0.25) is 5.91 Å². The van der Waals surface area contributed by atoms with Gasteiger partial charge in [-0.15, -0.1) is 0 Å². The van der Waals surface area contributed by atoms with Gasteiger partial charge in [-0.05, 0) is 30.4 Å². The molecule has 1 N–H and O–H groups in total. The second-order valence-corrected chi connectivity index (χ2v) is 5.59. The van der Waals surface area contributed by atoms with E-state index >= 15 is 0 Å². The third-order valence-corrected chi connectivity index (χ3v) is 4.32. The van der Waals surface area contributed by atoms with Gasteiger partial charge in [0.05, 0.1) is 6.04 Å². The van der Waals surface area contributed by atoms with E-state index in [0.717, 1.165) is 31.6 Å². The Hall–Kier alpha value is -1.42. The summed E-state index contributed by atoms with van der Waals surface area (Å²) >= 11 is 0. The molecule has 1 unspecified atom stereocenters. The van der Waals surface area contributed by atoms with Crippen LogP contribution in [0.1, 0.15) is 37.3 Å². The molecule has 0 spiro atoms. The van der Waals surface area contributed by atoms with Crippen molar-refractivity contribution in [3.05, 3.63) is 30.1 Å². The second-order valence-electron chi connectivity index (χ2n) is 5.59. The topological polar surface area (TPSA) is 45.2 Å². The first kappa shape index (κ1) is 12.6. The summed E-state index contributed by atoms with van der Waals surface area (Å²) in [6.45, 7) is 2.54. The minimum absolute atomic E-state index is 0.148. The molecule has 2 heterocycles. The van der Waals surface area contributed by atoms with Gasteiger partial charge in [-0.25, -0.2) is 0 Å². The maximum absolute atomic E-state index is 12.5. The van der Waals surface area contributed by atoms with E-state index in [4.69, 9.17) is 0 Å². The summed E-state index contributed by atoms with van der Waals surface area (Å²) in [5, 5.41) is 3.38. The Morgan fingerprint density at radius 2 is 2.37 bits per heavy atom. The summed E-state index contributed by atoms with van der Waals surface area (Å²) in [7, 11) is 0. The average molecular weight is 259 g/mol. The highest BCUT2D eigenvalue weighted by molar-refractivity contribution is 5.77. The molecule has 1 aromatic heterocycles. The zero-order chi connectivity index (χ0) is 13.1. The van der Waals surface area contributed by atoms with Crippen LogP contribution in [0.3, 0.4) is 0 Å². The van der Waals surface area contributed by atoms with Crippen molar-refractivity contribution >= 4 is 5.91 Å². The van der Waals surface area contributed by atoms with Crippen LogP contribution in [0.5, 0.6) is 0 Å². The fourth-order valence-corrected chi connectivity index (χ4v) is 2.93. The van der Waals surface area contributed by atoms with Crippen LogP contribution in [0, 0.1) is 5.92 Å². The number of carbonyl (C=O) groups is 1. The highest BCUT2D eigenvalue weighted by atomic mass is 16.2. The Bertz CT molecular complexity index is 430. The normalized spacial score (nSPS) is 24.0. The number of rotatable bonds is 3. The van der Waals surface area contributed by atoms with Crippen LogP contribution in [-0.4, -0.2) is 35.4 Å². The van der Waals surface area contributed by atoms with Crippen molar-refractivity contribution in [2.24, 2.45) is 5.92 Å². The van der Waals surface area contributed by atoms with Gasteiger partial charge in [0.25, 0.3) is 0 Å². The lowest BCUT2D eigenvalue weighted by atomic mass is 9.82. The molecule has 2 aliphatic rings. The Morgan fingerprint density at radius 1 is 1.47 bits per heavy atom. The van der Waals surface area contributed by atoms with E-state index in [0.29, 0.717) is 11.8 Å². The molecule has 2 fully saturated rings. The third kappa shape index (κ3) is 2.78. The average Bonchev–Trinajstić information content (AvgIpc) is 2.43. The van der Waals surface area contributed by atoms with Gasteiger partial charge in [-0.1, -0.05) is 12.5 Å². The summed E-state index contributed by atoms with van der Waals surface area (Å²) < 4.78 is 0. The predicted molar refractivity (Wildman–Crippen MR) is 73.5 cm³/mol. The van der Waals surface area contributed by atoms with Gasteiger partial charge < -0.3 is 10.2 Å². The lowest BCUT2D eigenvalue weighted by Gasteiger charge is -2.38. The molecule has 3 rings (SSSR count). The van der Waals surface area contributed by atoms with Crippen LogP contribution in [0.2, 0.25) is 0 Å². The summed E-state index contributed by atoms with van der Waals surface area (Å²) in [4.78, 5) is 18.7. The van der Waals surface area contributed by atoms with Crippen LogP contribution in [-0.2, 0) is 4.79 Å². The first-order valence-electron chi connectivity index (χ1n) is 7.24. The minimum Gasteiger partial charge on any atom is -0.333 e. The zero-order valence-corrected chi connectivity index (χ0v) is 11.2. The summed E-state index contributed by atoms with van der Waals surface area (Å²) in [5.41, 5.74) is 1.14. The van der Waals surface area contributed by atoms with Crippen molar-refractivity contribution in [3.8, 4) is 0 Å². The number of pyridine rings is 1. The molecule has 4 nitrogen and oxygen atoms in total. The van der Waals surface area contributed by atoms with Gasteiger partial charge >= 0.3 is 0 Å². The van der Waals surface area contributed by atoms with E-state index < -0.39 is 0 Å². The van der Waals surface area contributed by atoms with Crippen molar-refractivity contribution in [2.75, 3.05) is 19.6 Å². The van der Waals surface area contributed by atoms with Gasteiger partial charge in [0, 0.05) is 38.4 Å². The molecule has 1 aromatic rings. The number of hydrogen-bond acceptors (Lipinski definition) is 3. The first-order chi connectivity index (χ1) is 9.34. The van der Waals surface area contributed by atoms with Crippen LogP contribution >= 0.6 is 0 Å². The van der Waals surface area contributed by atoms with Gasteiger partial charge in [-0.3, -0.25) is 9.78 Å². The minimum atomic E-state index is 0.148. The molecular formula is C15H21N3O. The van der Waals surface area contributed by atoms with Crippen molar-refractivity contribution < 1.29 is 4.79 Å². The molecule has 19 heavy (non-hydrogen) atoms. The van der Waals surface area contributed by atoms with Gasteiger partial charge in [0.15, 0.2) is 0 Å². The van der Waals surface area contributed by atoms with Gasteiger partial charge in [-0.2, -0.15) is 0 Å². The monoisotopic (exact) mass is 259 g/mol. The lowest BCUT2D eigenvalue weighted by molar-refractivity contribution is -0.136. The number of hydrogen-bond donors (Lipinski definition) is 1. The molecule has 0 aromatic carbocycles. The molecular weight excluding hydrogens is 238 g/mol. The van der Waals surface area contributed by atoms with E-state index in [1.165, 1.54) is 19.3 Å². The van der Waals surface area contributed by atoms with E-state index in [1.54, 1.807) is 6.20 Å². The van der Waals surface area contributed by atoms with E-state index in [9.17, 15) is 4.79 Å². The number of nitrogens with one attached hydrogen (secondary N) is 1. The Kier molecular flexibility index (Phi) is 3.78. The quantitative estimate of drug-likeness (QED) is 0.899. The predicted octanol–water partition coefficient (Wildman–Crippen LogP) is 1.74. The van der Waals surface area contributed by atoms with Crippen molar-refractivity contribution in [1.82, 2.24) is 15.2 Å². The number of aromatic nitrogens is 1. The SMILES string of the molecule is O=C(CC1CCC1)N1CCNCC1c1cccnc1. The fourth-order valence-electron chi connectivity index (χ4n) is 2.93. The number of amides is 1. The summed E-state index contributed by atoms with van der Waals surface area (Å²) in [5.74, 6) is 0.956. The van der Waals surface area contributed by atoms with Gasteiger partial charge in [0.1, 0.15) is 0 Å². The van der Waals surface area contributed by atoms with Crippen molar-refractivity contribution in [3.63, 3.8) is 0 Å². The maximum Gasteiger partial charge on any atom is 0.223 e. The lowest BCUT2D eigenvalue weighted by Crippen LogP contribution is -2.49. The van der Waals surface area contributed by atoms with Crippen LogP contribution < -0.4 is 5.32 Å². The standard InChI is InChI=1S/C15H21N3O/c19-15(9-12-3-1-4-12)18-8-7-17-11-14(18)13-5-2-6-16-10-13/h2,5-6,10,12,14,17H,1,3-4,7-9,11H2. The van der Waals surface area contributed by atoms with Crippen LogP contribution in [0.4, 0.5) is 0 Å². The number of piperazine rings is 1. The van der Waals surface area contributed by atoms with Crippen LogP contribution in [0.15, 0.2) is 24.5 Å². The molecule has 1 saturated carbocycles. The number of nitrogens with zero attached hydrogens (tertiary/aromatic N) is 2. The summed E-state index contributed by atoms with van der Waals surface area (Å²) in [6.07, 6.45) is 8.15. The molecule has 0 bridgehead atoms. The molecule has 1 amide bonds. The Morgan fingerprint density at radius 3 is 3.05 bits per heavy atom. The zero-order valence-electron chi connectivity index (χ0n) is 11.2. The fraction of sp³-hybridized carbons (Fsp3) is 0.600. The molecule has 1 aliphatic carbocycles. The number of carbonyl (C=O) groups excluding carboxylic acids is 1. The smallest absolute Gasteiger partial charge is 0.223 e. The molecule has 0 radical (unpaired) electrons. The van der Waals surface area contributed by atoms with Crippen LogP contribution in [0.25, 0.3) is 0 Å². The first-order valence-corrected chi connectivity index (χ1v) is 7.24. The Labute approximate surface area is 114 Å². The third-order valence-electron chi connectivity index (χ3n) is 4.32. The molecule has 1 aliphatic heterocycles. The maximum atomic E-state index is 12.5. The molecule has 102 valence electrons. The second kappa shape index (κ2) is 5.70. The Balaban J connectivity index is 1.71. The molecule has 1 saturated heterocycles. The highest BCUT2D eigenvalue weighted by Crippen LogP contribution is 2.31. The molecule has 1 atom stereocenters. The highest BCUT2D eigenvalue weighted by Gasteiger charge is 2.30. The van der Waals surface area contributed by atoms with Crippen molar-refractivity contribution in [1.29, 1.82) is 0 Å². The van der Waals surface area contributed by atoms with E-state index in [-0.39, 0.29) is 6.04 Å².